The summed E-state index contributed by atoms with van der Waals surface area (Å²) in [5.41, 5.74) is 1.27. The molecule has 2 aliphatic heterocycles. The van der Waals surface area contributed by atoms with E-state index >= 15 is 0 Å². The molecule has 3 rings (SSSR count). The molecule has 4 atom stereocenters. The van der Waals surface area contributed by atoms with Gasteiger partial charge in [-0.05, 0) is 25.5 Å². The number of ether oxygens (including phenoxy) is 1. The van der Waals surface area contributed by atoms with Gasteiger partial charge in [0.15, 0.2) is 0 Å². The number of likely N-dealkylation sites (N-methyl/N-ethyl adjacent to an activating group) is 1. The van der Waals surface area contributed by atoms with Gasteiger partial charge in [-0.3, -0.25) is 9.69 Å². The zero-order valence-electron chi connectivity index (χ0n) is 10.9. The average Bonchev–Trinajstić information content (AvgIpc) is 2.92. The third-order valence-electron chi connectivity index (χ3n) is 4.68. The molecule has 0 aliphatic carbocycles. The minimum atomic E-state index is -0.0529. The standard InChI is InChI=1S/C15H19NO2/c1-16-11-8-9-12(16)14(15(17)18-2)13(11)10-6-4-3-5-7-10/h3-7,11-14H,8-9H2,1-2H3/t11?,12?,13-,14-/m1/s1. The van der Waals surface area contributed by atoms with Crippen molar-refractivity contribution in [2.24, 2.45) is 5.92 Å². The third-order valence-corrected chi connectivity index (χ3v) is 4.68. The van der Waals surface area contributed by atoms with Gasteiger partial charge >= 0.3 is 5.97 Å². The summed E-state index contributed by atoms with van der Waals surface area (Å²) in [6.45, 7) is 0. The lowest BCUT2D eigenvalue weighted by Crippen LogP contribution is -2.33. The highest BCUT2D eigenvalue weighted by atomic mass is 16.5. The first-order chi connectivity index (χ1) is 8.74. The van der Waals surface area contributed by atoms with Crippen LogP contribution in [0, 0.1) is 5.92 Å². The Bertz CT molecular complexity index is 445. The zero-order chi connectivity index (χ0) is 12.7. The largest absolute Gasteiger partial charge is 0.469 e. The SMILES string of the molecule is COC(=O)[C@@H]1C2CCC([C@H]1c1ccccc1)N2C. The van der Waals surface area contributed by atoms with E-state index in [0.717, 1.165) is 6.42 Å². The van der Waals surface area contributed by atoms with Crippen LogP contribution in [0.3, 0.4) is 0 Å². The van der Waals surface area contributed by atoms with E-state index in [9.17, 15) is 4.79 Å². The summed E-state index contributed by atoms with van der Waals surface area (Å²) in [6.07, 6.45) is 2.30. The first-order valence-electron chi connectivity index (χ1n) is 6.58. The number of benzene rings is 1. The van der Waals surface area contributed by atoms with Gasteiger partial charge < -0.3 is 4.74 Å². The minimum Gasteiger partial charge on any atom is -0.469 e. The Balaban J connectivity index is 1.98. The van der Waals surface area contributed by atoms with Gasteiger partial charge in [-0.25, -0.2) is 0 Å². The van der Waals surface area contributed by atoms with Crippen LogP contribution in [-0.2, 0) is 9.53 Å². The van der Waals surface area contributed by atoms with Gasteiger partial charge in [0.2, 0.25) is 0 Å². The molecule has 0 saturated carbocycles. The highest BCUT2D eigenvalue weighted by molar-refractivity contribution is 5.75. The predicted octanol–water partition coefficient (Wildman–Crippen LogP) is 2.04. The minimum absolute atomic E-state index is 0.00106. The number of carbonyl (C=O) groups excluding carboxylic acids is 1. The molecule has 1 aromatic rings. The summed E-state index contributed by atoms with van der Waals surface area (Å²) >= 11 is 0. The molecule has 0 N–H and O–H groups in total. The molecule has 2 unspecified atom stereocenters. The molecule has 2 bridgehead atoms. The van der Waals surface area contributed by atoms with Crippen molar-refractivity contribution in [3.63, 3.8) is 0 Å². The van der Waals surface area contributed by atoms with E-state index in [1.54, 1.807) is 0 Å². The number of nitrogens with zero attached hydrogens (tertiary/aromatic N) is 1. The summed E-state index contributed by atoms with van der Waals surface area (Å²) in [7, 11) is 3.64. The highest BCUT2D eigenvalue weighted by Crippen LogP contribution is 2.50. The molecule has 96 valence electrons. The van der Waals surface area contributed by atoms with Crippen LogP contribution in [0.25, 0.3) is 0 Å². The number of hydrogen-bond donors (Lipinski definition) is 0. The maximum absolute atomic E-state index is 12.1. The van der Waals surface area contributed by atoms with Gasteiger partial charge in [-0.1, -0.05) is 30.3 Å². The van der Waals surface area contributed by atoms with E-state index in [4.69, 9.17) is 4.74 Å². The predicted molar refractivity (Wildman–Crippen MR) is 69.3 cm³/mol. The van der Waals surface area contributed by atoms with E-state index < -0.39 is 0 Å². The van der Waals surface area contributed by atoms with Crippen LogP contribution in [0.4, 0.5) is 0 Å². The van der Waals surface area contributed by atoms with E-state index in [2.05, 4.69) is 36.2 Å². The van der Waals surface area contributed by atoms with Gasteiger partial charge in [0, 0.05) is 18.0 Å². The lowest BCUT2D eigenvalue weighted by molar-refractivity contribution is -0.147. The Morgan fingerprint density at radius 3 is 2.56 bits per heavy atom. The Morgan fingerprint density at radius 1 is 1.22 bits per heavy atom. The molecule has 0 spiro atoms. The van der Waals surface area contributed by atoms with E-state index in [1.807, 2.05) is 6.07 Å². The second-order valence-electron chi connectivity index (χ2n) is 5.36. The van der Waals surface area contributed by atoms with Crippen LogP contribution in [0.15, 0.2) is 30.3 Å². The lowest BCUT2D eigenvalue weighted by atomic mass is 9.75. The van der Waals surface area contributed by atoms with E-state index in [1.165, 1.54) is 19.1 Å². The van der Waals surface area contributed by atoms with E-state index in [0.29, 0.717) is 18.0 Å². The Hall–Kier alpha value is -1.35. The summed E-state index contributed by atoms with van der Waals surface area (Å²) in [4.78, 5) is 14.5. The molecule has 3 nitrogen and oxygen atoms in total. The van der Waals surface area contributed by atoms with Crippen molar-refractivity contribution in [2.45, 2.75) is 30.8 Å². The highest BCUT2D eigenvalue weighted by Gasteiger charge is 2.55. The second-order valence-corrected chi connectivity index (χ2v) is 5.36. The van der Waals surface area contributed by atoms with Crippen LogP contribution in [0.1, 0.15) is 24.3 Å². The molecular weight excluding hydrogens is 226 g/mol. The molecule has 2 heterocycles. The fraction of sp³-hybridized carbons (Fsp3) is 0.533. The number of fused-ring (bicyclic) bond motifs is 2. The number of esters is 1. The fourth-order valence-electron chi connectivity index (χ4n) is 3.88. The van der Waals surface area contributed by atoms with Gasteiger partial charge in [0.25, 0.3) is 0 Å². The summed E-state index contributed by atoms with van der Waals surface area (Å²) in [5, 5.41) is 0. The summed E-state index contributed by atoms with van der Waals surface area (Å²) < 4.78 is 5.02. The van der Waals surface area contributed by atoms with Gasteiger partial charge in [-0.15, -0.1) is 0 Å². The monoisotopic (exact) mass is 245 g/mol. The Labute approximate surface area is 108 Å². The molecule has 1 aromatic carbocycles. The maximum Gasteiger partial charge on any atom is 0.310 e. The first-order valence-corrected chi connectivity index (χ1v) is 6.58. The van der Waals surface area contributed by atoms with Crippen molar-refractivity contribution in [3.8, 4) is 0 Å². The molecule has 2 fully saturated rings. The summed E-state index contributed by atoms with van der Waals surface area (Å²) in [6, 6.07) is 11.2. The lowest BCUT2D eigenvalue weighted by Gasteiger charge is -2.27. The van der Waals surface area contributed by atoms with Gasteiger partial charge in [0.05, 0.1) is 13.0 Å². The van der Waals surface area contributed by atoms with Crippen molar-refractivity contribution in [2.75, 3.05) is 14.2 Å². The third kappa shape index (κ3) is 1.57. The molecule has 2 aliphatic rings. The van der Waals surface area contributed by atoms with Crippen LogP contribution in [0.5, 0.6) is 0 Å². The summed E-state index contributed by atoms with van der Waals surface area (Å²) in [5.74, 6) is 0.242. The molecule has 0 aromatic heterocycles. The molecule has 3 heteroatoms. The van der Waals surface area contributed by atoms with Crippen LogP contribution in [-0.4, -0.2) is 37.1 Å². The number of hydrogen-bond acceptors (Lipinski definition) is 3. The maximum atomic E-state index is 12.1. The topological polar surface area (TPSA) is 29.5 Å². The van der Waals surface area contributed by atoms with Crippen molar-refractivity contribution < 1.29 is 9.53 Å². The molecule has 0 amide bonds. The van der Waals surface area contributed by atoms with Crippen LogP contribution in [0.2, 0.25) is 0 Å². The Kier molecular flexibility index (Phi) is 2.86. The quantitative estimate of drug-likeness (QED) is 0.747. The molecule has 18 heavy (non-hydrogen) atoms. The molecule has 0 radical (unpaired) electrons. The van der Waals surface area contributed by atoms with Gasteiger partial charge in [-0.2, -0.15) is 0 Å². The van der Waals surface area contributed by atoms with Crippen LogP contribution < -0.4 is 0 Å². The zero-order valence-corrected chi connectivity index (χ0v) is 10.9. The molecular formula is C15H19NO2. The van der Waals surface area contributed by atoms with Crippen molar-refractivity contribution >= 4 is 5.97 Å². The average molecular weight is 245 g/mol. The van der Waals surface area contributed by atoms with Crippen molar-refractivity contribution in [1.82, 2.24) is 4.90 Å². The van der Waals surface area contributed by atoms with Gasteiger partial charge in [0.1, 0.15) is 0 Å². The van der Waals surface area contributed by atoms with Crippen LogP contribution >= 0.6 is 0 Å². The Morgan fingerprint density at radius 2 is 1.89 bits per heavy atom. The first kappa shape index (κ1) is 11.7. The normalized spacial score (nSPS) is 34.8. The smallest absolute Gasteiger partial charge is 0.310 e. The number of carbonyl (C=O) groups is 1. The van der Waals surface area contributed by atoms with Crippen molar-refractivity contribution in [1.29, 1.82) is 0 Å². The second kappa shape index (κ2) is 4.39. The fourth-order valence-corrected chi connectivity index (χ4v) is 3.88. The van der Waals surface area contributed by atoms with Crippen molar-refractivity contribution in [3.05, 3.63) is 35.9 Å². The number of methoxy groups -OCH3 is 1. The molecule has 2 saturated heterocycles. The number of rotatable bonds is 2. The van der Waals surface area contributed by atoms with E-state index in [-0.39, 0.29) is 11.9 Å².